The van der Waals surface area contributed by atoms with Gasteiger partial charge in [0.15, 0.2) is 0 Å². The van der Waals surface area contributed by atoms with E-state index in [1.807, 2.05) is 36.9 Å². The lowest BCUT2D eigenvalue weighted by Crippen LogP contribution is -2.48. The minimum Gasteiger partial charge on any atom is -0.337 e. The zero-order chi connectivity index (χ0) is 20.4. The molecule has 1 unspecified atom stereocenters. The molecule has 2 fully saturated rings. The number of carbonyl (C=O) groups is 1. The van der Waals surface area contributed by atoms with Crippen molar-refractivity contribution in [3.05, 3.63) is 53.6 Å². The molecule has 29 heavy (non-hydrogen) atoms. The van der Waals surface area contributed by atoms with E-state index in [1.165, 1.54) is 12.5 Å². The predicted molar refractivity (Wildman–Crippen MR) is 111 cm³/mol. The normalized spacial score (nSPS) is 25.9. The molecule has 1 N–H and O–H groups in total. The molecule has 0 saturated carbocycles. The van der Waals surface area contributed by atoms with Crippen molar-refractivity contribution in [3.63, 3.8) is 0 Å². The number of hydrogen-bond donors (Lipinski definition) is 1. The van der Waals surface area contributed by atoms with Gasteiger partial charge in [0, 0.05) is 30.7 Å². The molecule has 0 aliphatic carbocycles. The Hall–Kier alpha value is -2.21. The van der Waals surface area contributed by atoms with Gasteiger partial charge in [-0.15, -0.1) is 0 Å². The van der Waals surface area contributed by atoms with Crippen molar-refractivity contribution < 1.29 is 9.18 Å². The van der Waals surface area contributed by atoms with Gasteiger partial charge in [0.1, 0.15) is 5.82 Å². The summed E-state index contributed by atoms with van der Waals surface area (Å²) in [5.74, 6) is -0.0601. The van der Waals surface area contributed by atoms with E-state index in [9.17, 15) is 9.18 Å². The molecule has 0 radical (unpaired) electrons. The van der Waals surface area contributed by atoms with Crippen molar-refractivity contribution in [2.24, 2.45) is 5.92 Å². The molecule has 4 atom stereocenters. The largest absolute Gasteiger partial charge is 0.337 e. The number of nitrogens with one attached hydrogen (secondary N) is 1. The average molecular weight is 399 g/mol. The maximum atomic E-state index is 13.9. The number of hydrogen-bond acceptors (Lipinski definition) is 3. The third-order valence-electron chi connectivity index (χ3n) is 6.41. The van der Waals surface area contributed by atoms with Gasteiger partial charge in [-0.25, -0.2) is 4.39 Å². The standard InChI is InChI=1S/C23H31FN4O/c1-16(14-27-12-10-17(2)26-27)23(29)28-15-20(18-7-6-8-19(24)13-18)22-21(28)9-4-3-5-11-25-22/h6-8,10,12-13,16,20-22,25H,3-5,9,11,14-15H2,1-2H3/t16?,20-,21+,22-/m0/s1. The minimum atomic E-state index is -0.211. The molecule has 0 bridgehead atoms. The van der Waals surface area contributed by atoms with Crippen molar-refractivity contribution >= 4 is 5.91 Å². The van der Waals surface area contributed by atoms with Crippen LogP contribution in [-0.4, -0.2) is 45.8 Å². The number of carbonyl (C=O) groups excluding carboxylic acids is 1. The van der Waals surface area contributed by atoms with Crippen molar-refractivity contribution in [3.8, 4) is 0 Å². The van der Waals surface area contributed by atoms with Gasteiger partial charge in [0.2, 0.25) is 5.91 Å². The van der Waals surface area contributed by atoms with Crippen LogP contribution < -0.4 is 5.32 Å². The van der Waals surface area contributed by atoms with Gasteiger partial charge in [-0.3, -0.25) is 9.48 Å². The van der Waals surface area contributed by atoms with Crippen LogP contribution in [0.3, 0.4) is 0 Å². The molecule has 3 heterocycles. The lowest BCUT2D eigenvalue weighted by atomic mass is 9.88. The summed E-state index contributed by atoms with van der Waals surface area (Å²) < 4.78 is 15.8. The highest BCUT2D eigenvalue weighted by molar-refractivity contribution is 5.79. The van der Waals surface area contributed by atoms with Crippen LogP contribution in [0.25, 0.3) is 0 Å². The van der Waals surface area contributed by atoms with Crippen LogP contribution in [0.1, 0.15) is 49.8 Å². The maximum Gasteiger partial charge on any atom is 0.227 e. The molecule has 1 aromatic heterocycles. The molecular formula is C23H31FN4O. The molecule has 6 heteroatoms. The first-order valence-electron chi connectivity index (χ1n) is 10.8. The minimum absolute atomic E-state index is 0.122. The lowest BCUT2D eigenvalue weighted by Gasteiger charge is -2.32. The van der Waals surface area contributed by atoms with Crippen LogP contribution in [-0.2, 0) is 11.3 Å². The number of benzene rings is 1. The number of fused-ring (bicyclic) bond motifs is 1. The molecule has 2 saturated heterocycles. The monoisotopic (exact) mass is 398 g/mol. The maximum absolute atomic E-state index is 13.9. The fourth-order valence-corrected chi connectivity index (χ4v) is 4.97. The van der Waals surface area contributed by atoms with Gasteiger partial charge < -0.3 is 10.2 Å². The Balaban J connectivity index is 1.56. The number of aryl methyl sites for hydroxylation is 1. The number of halogens is 1. The third kappa shape index (κ3) is 4.37. The molecule has 1 aromatic carbocycles. The molecule has 156 valence electrons. The van der Waals surface area contributed by atoms with Crippen molar-refractivity contribution in [2.45, 2.75) is 64.1 Å². The van der Waals surface area contributed by atoms with Gasteiger partial charge >= 0.3 is 0 Å². The molecular weight excluding hydrogens is 367 g/mol. The first kappa shape index (κ1) is 20.1. The quantitative estimate of drug-likeness (QED) is 0.858. The van der Waals surface area contributed by atoms with Gasteiger partial charge in [0.05, 0.1) is 18.2 Å². The Morgan fingerprint density at radius 1 is 1.31 bits per heavy atom. The van der Waals surface area contributed by atoms with Gasteiger partial charge in [-0.2, -0.15) is 5.10 Å². The van der Waals surface area contributed by atoms with E-state index >= 15 is 0 Å². The van der Waals surface area contributed by atoms with Crippen LogP contribution in [0.2, 0.25) is 0 Å². The molecule has 1 amide bonds. The first-order chi connectivity index (χ1) is 14.0. The third-order valence-corrected chi connectivity index (χ3v) is 6.41. The first-order valence-corrected chi connectivity index (χ1v) is 10.8. The number of likely N-dealkylation sites (tertiary alicyclic amines) is 1. The second-order valence-corrected chi connectivity index (χ2v) is 8.63. The van der Waals surface area contributed by atoms with E-state index in [-0.39, 0.29) is 35.6 Å². The molecule has 2 aliphatic heterocycles. The van der Waals surface area contributed by atoms with Gasteiger partial charge in [-0.1, -0.05) is 31.9 Å². The fourth-order valence-electron chi connectivity index (χ4n) is 4.97. The highest BCUT2D eigenvalue weighted by Crippen LogP contribution is 2.36. The molecule has 5 nitrogen and oxygen atoms in total. The smallest absolute Gasteiger partial charge is 0.227 e. The number of aromatic nitrogens is 2. The van der Waals surface area contributed by atoms with Crippen LogP contribution in [0.5, 0.6) is 0 Å². The van der Waals surface area contributed by atoms with Crippen LogP contribution in [0, 0.1) is 18.7 Å². The van der Waals surface area contributed by atoms with E-state index in [2.05, 4.69) is 15.3 Å². The predicted octanol–water partition coefficient (Wildman–Crippen LogP) is 3.49. The highest BCUT2D eigenvalue weighted by atomic mass is 19.1. The Bertz CT molecular complexity index is 851. The zero-order valence-electron chi connectivity index (χ0n) is 17.4. The summed E-state index contributed by atoms with van der Waals surface area (Å²) in [6.45, 7) is 6.13. The second-order valence-electron chi connectivity index (χ2n) is 8.63. The van der Waals surface area contributed by atoms with Gasteiger partial charge in [0.25, 0.3) is 0 Å². The van der Waals surface area contributed by atoms with Gasteiger partial charge in [-0.05, 0) is 50.1 Å². The number of nitrogens with zero attached hydrogens (tertiary/aromatic N) is 3. The molecule has 2 aromatic rings. The Morgan fingerprint density at radius 3 is 2.93 bits per heavy atom. The summed E-state index contributed by atoms with van der Waals surface area (Å²) in [6.07, 6.45) is 6.41. The summed E-state index contributed by atoms with van der Waals surface area (Å²) in [5, 5.41) is 8.13. The Morgan fingerprint density at radius 2 is 2.17 bits per heavy atom. The summed E-state index contributed by atoms with van der Waals surface area (Å²) >= 11 is 0. The number of rotatable bonds is 4. The fraction of sp³-hybridized carbons (Fsp3) is 0.565. The summed E-state index contributed by atoms with van der Waals surface area (Å²) in [4.78, 5) is 15.5. The molecule has 4 rings (SSSR count). The summed E-state index contributed by atoms with van der Waals surface area (Å²) in [5.41, 5.74) is 1.94. The van der Waals surface area contributed by atoms with E-state index in [4.69, 9.17) is 0 Å². The lowest BCUT2D eigenvalue weighted by molar-refractivity contribution is -0.136. The van der Waals surface area contributed by atoms with E-state index in [1.54, 1.807) is 12.1 Å². The van der Waals surface area contributed by atoms with E-state index in [0.29, 0.717) is 13.1 Å². The summed E-state index contributed by atoms with van der Waals surface area (Å²) in [7, 11) is 0. The van der Waals surface area contributed by atoms with Crippen LogP contribution in [0.15, 0.2) is 36.5 Å². The number of amides is 1. The van der Waals surface area contributed by atoms with Crippen molar-refractivity contribution in [2.75, 3.05) is 13.1 Å². The van der Waals surface area contributed by atoms with Crippen molar-refractivity contribution in [1.82, 2.24) is 20.0 Å². The zero-order valence-corrected chi connectivity index (χ0v) is 17.4. The Kier molecular flexibility index (Phi) is 5.99. The SMILES string of the molecule is Cc1ccn(CC(C)C(=O)N2C[C@@H](c3cccc(F)c3)[C@@H]3NCCCCC[C@H]32)n1. The highest BCUT2D eigenvalue weighted by Gasteiger charge is 2.45. The summed E-state index contributed by atoms with van der Waals surface area (Å²) in [6, 6.07) is 9.19. The Labute approximate surface area is 172 Å². The van der Waals surface area contributed by atoms with E-state index in [0.717, 1.165) is 37.1 Å². The molecule has 0 spiro atoms. The second kappa shape index (κ2) is 8.66. The van der Waals surface area contributed by atoms with Crippen molar-refractivity contribution in [1.29, 1.82) is 0 Å². The molecule has 2 aliphatic rings. The topological polar surface area (TPSA) is 50.2 Å². The van der Waals surface area contributed by atoms with E-state index < -0.39 is 0 Å². The average Bonchev–Trinajstić information content (AvgIpc) is 3.24. The van der Waals surface area contributed by atoms with Crippen LogP contribution in [0.4, 0.5) is 4.39 Å². The van der Waals surface area contributed by atoms with Crippen LogP contribution >= 0.6 is 0 Å².